The van der Waals surface area contributed by atoms with Crippen LogP contribution in [0.15, 0.2) is 34.4 Å². The maximum atomic E-state index is 13.1. The number of amidine groups is 1. The number of aliphatic imine (C=N–C) groups is 1. The first-order valence-electron chi connectivity index (χ1n) is 5.30. The highest BCUT2D eigenvalue weighted by molar-refractivity contribution is 6.31. The zero-order valence-corrected chi connectivity index (χ0v) is 10.8. The van der Waals surface area contributed by atoms with E-state index in [1.54, 1.807) is 7.05 Å². The highest BCUT2D eigenvalue weighted by atomic mass is 35.5. The normalized spacial score (nSPS) is 11.4. The van der Waals surface area contributed by atoms with Gasteiger partial charge in [-0.25, -0.2) is 9.02 Å². The molecule has 0 spiro atoms. The molecule has 98 valence electrons. The Kier molecular flexibility index (Phi) is 3.91. The Hall–Kier alpha value is -2.21. The summed E-state index contributed by atoms with van der Waals surface area (Å²) >= 11 is 5.71. The molecule has 0 bridgehead atoms. The minimum Gasteiger partial charge on any atom is -0.339 e. The molecule has 0 saturated heterocycles. The van der Waals surface area contributed by atoms with Crippen LogP contribution in [0.3, 0.4) is 0 Å². The van der Waals surface area contributed by atoms with Crippen LogP contribution < -0.4 is 5.32 Å². The Balaban J connectivity index is 2.30. The van der Waals surface area contributed by atoms with E-state index in [2.05, 4.69) is 31.8 Å². The number of halogens is 2. The summed E-state index contributed by atoms with van der Waals surface area (Å²) in [6.45, 7) is 3.60. The van der Waals surface area contributed by atoms with E-state index < -0.39 is 5.82 Å². The predicted molar refractivity (Wildman–Crippen MR) is 71.9 cm³/mol. The van der Waals surface area contributed by atoms with Crippen LogP contribution >= 0.6 is 11.6 Å². The molecule has 19 heavy (non-hydrogen) atoms. The molecule has 1 heterocycles. The topological polar surface area (TPSA) is 63.3 Å². The van der Waals surface area contributed by atoms with Crippen molar-refractivity contribution in [2.45, 2.75) is 0 Å². The van der Waals surface area contributed by atoms with E-state index >= 15 is 0 Å². The van der Waals surface area contributed by atoms with E-state index in [1.165, 1.54) is 24.3 Å². The predicted octanol–water partition coefficient (Wildman–Crippen LogP) is 2.99. The summed E-state index contributed by atoms with van der Waals surface area (Å²) in [4.78, 5) is 4.04. The molecule has 0 aliphatic carbocycles. The second-order valence-corrected chi connectivity index (χ2v) is 3.94. The van der Waals surface area contributed by atoms with Crippen molar-refractivity contribution >= 4 is 29.2 Å². The molecule has 1 N–H and O–H groups in total. The van der Waals surface area contributed by atoms with Gasteiger partial charge in [0.05, 0.1) is 5.02 Å². The van der Waals surface area contributed by atoms with E-state index in [1.807, 2.05) is 0 Å². The van der Waals surface area contributed by atoms with Gasteiger partial charge >= 0.3 is 0 Å². The largest absolute Gasteiger partial charge is 0.339 e. The van der Waals surface area contributed by atoms with Gasteiger partial charge in [0.15, 0.2) is 11.5 Å². The SMILES string of the molecule is C=Cc1nonc1C(=NC)Nc1ccc(F)c(Cl)c1. The number of anilines is 1. The summed E-state index contributed by atoms with van der Waals surface area (Å²) in [5, 5.41) is 10.4. The molecule has 0 saturated carbocycles. The van der Waals surface area contributed by atoms with Gasteiger partial charge in [-0.1, -0.05) is 18.2 Å². The molecule has 2 rings (SSSR count). The van der Waals surface area contributed by atoms with Crippen molar-refractivity contribution in [3.8, 4) is 0 Å². The molecule has 0 aliphatic heterocycles. The zero-order chi connectivity index (χ0) is 13.8. The fourth-order valence-electron chi connectivity index (χ4n) is 1.43. The maximum absolute atomic E-state index is 13.1. The van der Waals surface area contributed by atoms with Crippen molar-refractivity contribution in [1.29, 1.82) is 0 Å². The molecule has 0 fully saturated rings. The third-order valence-electron chi connectivity index (χ3n) is 2.34. The summed E-state index contributed by atoms with van der Waals surface area (Å²) in [6, 6.07) is 4.24. The number of benzene rings is 1. The first-order chi connectivity index (χ1) is 9.15. The van der Waals surface area contributed by atoms with E-state index in [0.717, 1.165) is 0 Å². The molecule has 5 nitrogen and oxygen atoms in total. The molecule has 0 unspecified atom stereocenters. The van der Waals surface area contributed by atoms with Gasteiger partial charge in [-0.05, 0) is 34.6 Å². The first kappa shape index (κ1) is 13.2. The number of hydrogen-bond acceptors (Lipinski definition) is 4. The summed E-state index contributed by atoms with van der Waals surface area (Å²) in [6.07, 6.45) is 1.50. The smallest absolute Gasteiger partial charge is 0.177 e. The minimum absolute atomic E-state index is 0.0164. The maximum Gasteiger partial charge on any atom is 0.177 e. The fourth-order valence-corrected chi connectivity index (χ4v) is 1.61. The van der Waals surface area contributed by atoms with E-state index in [-0.39, 0.29) is 5.02 Å². The third-order valence-corrected chi connectivity index (χ3v) is 2.63. The molecule has 2 aromatic rings. The molecular formula is C12H10ClFN4O. The number of nitrogens with zero attached hydrogens (tertiary/aromatic N) is 3. The molecule has 0 aliphatic rings. The number of hydrogen-bond donors (Lipinski definition) is 1. The van der Waals surface area contributed by atoms with Gasteiger partial charge in [0.2, 0.25) is 0 Å². The first-order valence-corrected chi connectivity index (χ1v) is 5.67. The lowest BCUT2D eigenvalue weighted by Crippen LogP contribution is -2.15. The molecule has 1 aromatic heterocycles. The van der Waals surface area contributed by atoms with Gasteiger partial charge in [-0.15, -0.1) is 0 Å². The third kappa shape index (κ3) is 2.79. The molecule has 0 atom stereocenters. The standard InChI is InChI=1S/C12H10ClFN4O/c1-3-10-11(18-19-17-10)12(15-2)16-7-4-5-9(14)8(13)6-7/h3-6H,1H2,2H3,(H,15,16). The van der Waals surface area contributed by atoms with Gasteiger partial charge in [0, 0.05) is 12.7 Å². The van der Waals surface area contributed by atoms with Crippen LogP contribution in [-0.2, 0) is 0 Å². The van der Waals surface area contributed by atoms with Gasteiger partial charge in [-0.3, -0.25) is 4.99 Å². The summed E-state index contributed by atoms with van der Waals surface area (Å²) < 4.78 is 17.7. The zero-order valence-electron chi connectivity index (χ0n) is 10.0. The monoisotopic (exact) mass is 280 g/mol. The van der Waals surface area contributed by atoms with E-state index in [0.29, 0.717) is 22.9 Å². The summed E-state index contributed by atoms with van der Waals surface area (Å²) in [5.41, 5.74) is 1.45. The van der Waals surface area contributed by atoms with Gasteiger partial charge in [0.25, 0.3) is 0 Å². The van der Waals surface area contributed by atoms with Crippen LogP contribution in [0.25, 0.3) is 6.08 Å². The van der Waals surface area contributed by atoms with Crippen LogP contribution in [0.1, 0.15) is 11.4 Å². The van der Waals surface area contributed by atoms with Crippen molar-refractivity contribution in [3.63, 3.8) is 0 Å². The van der Waals surface area contributed by atoms with E-state index in [9.17, 15) is 4.39 Å². The second kappa shape index (κ2) is 5.62. The Morgan fingerprint density at radius 1 is 1.53 bits per heavy atom. The molecular weight excluding hydrogens is 271 g/mol. The van der Waals surface area contributed by atoms with E-state index in [4.69, 9.17) is 11.6 Å². The average Bonchev–Trinajstić information content (AvgIpc) is 2.88. The van der Waals surface area contributed by atoms with Crippen molar-refractivity contribution in [1.82, 2.24) is 10.3 Å². The Morgan fingerprint density at radius 2 is 2.32 bits per heavy atom. The van der Waals surface area contributed by atoms with Crippen LogP contribution in [0.2, 0.25) is 5.02 Å². The van der Waals surface area contributed by atoms with Crippen molar-refractivity contribution in [2.75, 3.05) is 12.4 Å². The Bertz CT molecular complexity index is 638. The lowest BCUT2D eigenvalue weighted by molar-refractivity contribution is 0.305. The van der Waals surface area contributed by atoms with Gasteiger partial charge in [0.1, 0.15) is 11.5 Å². The van der Waals surface area contributed by atoms with Crippen molar-refractivity contribution in [3.05, 3.63) is 47.0 Å². The molecule has 0 amide bonds. The van der Waals surface area contributed by atoms with Gasteiger partial charge in [-0.2, -0.15) is 0 Å². The van der Waals surface area contributed by atoms with Crippen molar-refractivity contribution < 1.29 is 9.02 Å². The van der Waals surface area contributed by atoms with Crippen molar-refractivity contribution in [2.24, 2.45) is 4.99 Å². The quantitative estimate of drug-likeness (QED) is 0.693. The molecule has 7 heteroatoms. The number of rotatable bonds is 3. The molecule has 1 aromatic carbocycles. The van der Waals surface area contributed by atoms with Crippen LogP contribution in [-0.4, -0.2) is 23.2 Å². The fraction of sp³-hybridized carbons (Fsp3) is 0.0833. The second-order valence-electron chi connectivity index (χ2n) is 3.53. The van der Waals surface area contributed by atoms with Crippen LogP contribution in [0.4, 0.5) is 10.1 Å². The number of nitrogens with one attached hydrogen (secondary N) is 1. The minimum atomic E-state index is -0.489. The van der Waals surface area contributed by atoms with Crippen LogP contribution in [0, 0.1) is 5.82 Å². The summed E-state index contributed by atoms with van der Waals surface area (Å²) in [5.74, 6) is -0.0732. The highest BCUT2D eigenvalue weighted by Gasteiger charge is 2.14. The number of aromatic nitrogens is 2. The van der Waals surface area contributed by atoms with Crippen LogP contribution in [0.5, 0.6) is 0 Å². The highest BCUT2D eigenvalue weighted by Crippen LogP contribution is 2.20. The lowest BCUT2D eigenvalue weighted by atomic mass is 10.2. The Labute approximate surface area is 113 Å². The average molecular weight is 281 g/mol. The van der Waals surface area contributed by atoms with Gasteiger partial charge < -0.3 is 5.32 Å². The summed E-state index contributed by atoms with van der Waals surface area (Å²) in [7, 11) is 1.58. The lowest BCUT2D eigenvalue weighted by Gasteiger charge is -2.07. The molecule has 0 radical (unpaired) electrons. The Morgan fingerprint density at radius 3 is 2.95 bits per heavy atom.